The van der Waals surface area contributed by atoms with Gasteiger partial charge in [-0.25, -0.2) is 0 Å². The van der Waals surface area contributed by atoms with Gasteiger partial charge in [0.25, 0.3) is 0 Å². The first-order valence-electron chi connectivity index (χ1n) is 4.44. The van der Waals surface area contributed by atoms with Gasteiger partial charge < -0.3 is 0 Å². The molecule has 0 saturated heterocycles. The van der Waals surface area contributed by atoms with E-state index in [2.05, 4.69) is 12.6 Å². The number of hydrogen-bond donors (Lipinski definition) is 0. The summed E-state index contributed by atoms with van der Waals surface area (Å²) in [6, 6.07) is 10.2. The Morgan fingerprint density at radius 1 is 1.54 bits per heavy atom. The molecule has 0 saturated carbocycles. The Balaban J connectivity index is 3.12. The fraction of sp³-hybridized carbons (Fsp3) is 0.250. The van der Waals surface area contributed by atoms with Crippen LogP contribution in [0.1, 0.15) is 30.4 Å². The second-order valence-electron chi connectivity index (χ2n) is 2.92. The molecule has 0 N–H and O–H groups in total. The van der Waals surface area contributed by atoms with Crippen LogP contribution in [-0.4, -0.2) is 0 Å². The summed E-state index contributed by atoms with van der Waals surface area (Å²) in [6.45, 7) is 5.75. The van der Waals surface area contributed by atoms with Crippen LogP contribution in [0.2, 0.25) is 0 Å². The summed E-state index contributed by atoms with van der Waals surface area (Å²) in [6.07, 6.45) is 2.65. The zero-order chi connectivity index (χ0) is 9.68. The van der Waals surface area contributed by atoms with E-state index in [1.165, 1.54) is 0 Å². The summed E-state index contributed by atoms with van der Waals surface area (Å²) >= 11 is 0. The van der Waals surface area contributed by atoms with Crippen molar-refractivity contribution in [2.75, 3.05) is 0 Å². The van der Waals surface area contributed by atoms with E-state index in [9.17, 15) is 0 Å². The van der Waals surface area contributed by atoms with Crippen LogP contribution >= 0.6 is 0 Å². The van der Waals surface area contributed by atoms with Gasteiger partial charge in [0.1, 0.15) is 0 Å². The molecule has 1 aromatic rings. The highest BCUT2D eigenvalue weighted by molar-refractivity contribution is 5.53. The van der Waals surface area contributed by atoms with Crippen LogP contribution < -0.4 is 0 Å². The Bertz CT molecular complexity index is 333. The minimum Gasteiger partial charge on any atom is -0.198 e. The van der Waals surface area contributed by atoms with Gasteiger partial charge in [0.05, 0.1) is 12.0 Å². The van der Waals surface area contributed by atoms with E-state index in [1.54, 1.807) is 6.08 Å². The van der Waals surface area contributed by atoms with Crippen LogP contribution in [0.3, 0.4) is 0 Å². The standard InChI is InChI=1S/C12H13N/c1-3-10-7-5-6-8-12(10)11(4-2)9-13/h3,5-8,11H,1,4H2,2H3. The Labute approximate surface area is 79.3 Å². The molecule has 0 aromatic heterocycles. The van der Waals surface area contributed by atoms with Crippen molar-refractivity contribution in [3.63, 3.8) is 0 Å². The summed E-state index contributed by atoms with van der Waals surface area (Å²) in [5, 5.41) is 8.92. The first kappa shape index (κ1) is 9.54. The Morgan fingerprint density at radius 3 is 2.77 bits per heavy atom. The molecule has 0 heterocycles. The van der Waals surface area contributed by atoms with Gasteiger partial charge in [-0.1, -0.05) is 43.8 Å². The van der Waals surface area contributed by atoms with Gasteiger partial charge in [-0.05, 0) is 17.5 Å². The molecule has 0 amide bonds. The highest BCUT2D eigenvalue weighted by Gasteiger charge is 2.09. The maximum Gasteiger partial charge on any atom is 0.0715 e. The van der Waals surface area contributed by atoms with Gasteiger partial charge in [-0.3, -0.25) is 0 Å². The lowest BCUT2D eigenvalue weighted by atomic mass is 9.93. The molecule has 0 aliphatic rings. The summed E-state index contributed by atoms with van der Waals surface area (Å²) in [7, 11) is 0. The van der Waals surface area contributed by atoms with Crippen molar-refractivity contribution in [2.45, 2.75) is 19.3 Å². The highest BCUT2D eigenvalue weighted by atomic mass is 14.3. The van der Waals surface area contributed by atoms with Gasteiger partial charge >= 0.3 is 0 Å². The first-order chi connectivity index (χ1) is 6.33. The third-order valence-corrected chi connectivity index (χ3v) is 2.16. The predicted octanol–water partition coefficient (Wildman–Crippen LogP) is 3.35. The van der Waals surface area contributed by atoms with Gasteiger partial charge in [0, 0.05) is 0 Å². The lowest BCUT2D eigenvalue weighted by molar-refractivity contribution is 0.816. The molecule has 1 atom stereocenters. The molecule has 1 rings (SSSR count). The van der Waals surface area contributed by atoms with E-state index in [4.69, 9.17) is 5.26 Å². The molecule has 0 fully saturated rings. The minimum absolute atomic E-state index is 0.00537. The number of benzene rings is 1. The van der Waals surface area contributed by atoms with Gasteiger partial charge in [-0.2, -0.15) is 5.26 Å². The fourth-order valence-electron chi connectivity index (χ4n) is 1.39. The average Bonchev–Trinajstić information content (AvgIpc) is 2.20. The molecular weight excluding hydrogens is 158 g/mol. The maximum atomic E-state index is 8.92. The molecule has 0 spiro atoms. The molecule has 1 heteroatoms. The number of nitriles is 1. The van der Waals surface area contributed by atoms with Gasteiger partial charge in [-0.15, -0.1) is 0 Å². The quantitative estimate of drug-likeness (QED) is 0.684. The second-order valence-corrected chi connectivity index (χ2v) is 2.92. The Kier molecular flexibility index (Phi) is 3.28. The van der Waals surface area contributed by atoms with E-state index < -0.39 is 0 Å². The van der Waals surface area contributed by atoms with E-state index >= 15 is 0 Å². The van der Waals surface area contributed by atoms with Crippen LogP contribution in [0.15, 0.2) is 30.8 Å². The van der Waals surface area contributed by atoms with Crippen LogP contribution in [0, 0.1) is 11.3 Å². The van der Waals surface area contributed by atoms with E-state index in [1.807, 2.05) is 31.2 Å². The molecule has 0 radical (unpaired) electrons. The first-order valence-corrected chi connectivity index (χ1v) is 4.44. The maximum absolute atomic E-state index is 8.92. The number of rotatable bonds is 3. The number of hydrogen-bond acceptors (Lipinski definition) is 1. The topological polar surface area (TPSA) is 23.8 Å². The molecular formula is C12H13N. The molecule has 0 aliphatic carbocycles. The van der Waals surface area contributed by atoms with Crippen LogP contribution in [0.25, 0.3) is 6.08 Å². The third kappa shape index (κ3) is 1.97. The van der Waals surface area contributed by atoms with Crippen molar-refractivity contribution in [1.82, 2.24) is 0 Å². The van der Waals surface area contributed by atoms with E-state index in [0.29, 0.717) is 0 Å². The van der Waals surface area contributed by atoms with Crippen molar-refractivity contribution < 1.29 is 0 Å². The molecule has 0 aliphatic heterocycles. The van der Waals surface area contributed by atoms with E-state index in [-0.39, 0.29) is 5.92 Å². The SMILES string of the molecule is C=Cc1ccccc1C(C#N)CC. The lowest BCUT2D eigenvalue weighted by Gasteiger charge is -2.09. The summed E-state index contributed by atoms with van der Waals surface area (Å²) in [5.41, 5.74) is 2.15. The fourth-order valence-corrected chi connectivity index (χ4v) is 1.39. The normalized spacial score (nSPS) is 11.7. The third-order valence-electron chi connectivity index (χ3n) is 2.16. The minimum atomic E-state index is -0.00537. The van der Waals surface area contributed by atoms with Crippen LogP contribution in [0.5, 0.6) is 0 Å². The van der Waals surface area contributed by atoms with Crippen LogP contribution in [-0.2, 0) is 0 Å². The number of nitrogens with zero attached hydrogens (tertiary/aromatic N) is 1. The Hall–Kier alpha value is -1.55. The monoisotopic (exact) mass is 171 g/mol. The van der Waals surface area contributed by atoms with Crippen LogP contribution in [0.4, 0.5) is 0 Å². The molecule has 1 nitrogen and oxygen atoms in total. The van der Waals surface area contributed by atoms with Crippen molar-refractivity contribution in [3.05, 3.63) is 42.0 Å². The molecule has 0 bridgehead atoms. The van der Waals surface area contributed by atoms with Crippen molar-refractivity contribution in [2.24, 2.45) is 0 Å². The van der Waals surface area contributed by atoms with Gasteiger partial charge in [0.15, 0.2) is 0 Å². The lowest BCUT2D eigenvalue weighted by Crippen LogP contribution is -1.96. The smallest absolute Gasteiger partial charge is 0.0715 e. The van der Waals surface area contributed by atoms with Crippen molar-refractivity contribution >= 4 is 6.08 Å². The molecule has 66 valence electrons. The predicted molar refractivity (Wildman–Crippen MR) is 55.2 cm³/mol. The molecule has 1 unspecified atom stereocenters. The zero-order valence-corrected chi connectivity index (χ0v) is 7.83. The average molecular weight is 171 g/mol. The summed E-state index contributed by atoms with van der Waals surface area (Å²) < 4.78 is 0. The molecule has 1 aromatic carbocycles. The van der Waals surface area contributed by atoms with Crippen molar-refractivity contribution in [3.8, 4) is 6.07 Å². The largest absolute Gasteiger partial charge is 0.198 e. The van der Waals surface area contributed by atoms with E-state index in [0.717, 1.165) is 17.5 Å². The summed E-state index contributed by atoms with van der Waals surface area (Å²) in [4.78, 5) is 0. The summed E-state index contributed by atoms with van der Waals surface area (Å²) in [5.74, 6) is -0.00537. The zero-order valence-electron chi connectivity index (χ0n) is 7.83. The Morgan fingerprint density at radius 2 is 2.23 bits per heavy atom. The highest BCUT2D eigenvalue weighted by Crippen LogP contribution is 2.22. The second kappa shape index (κ2) is 4.47. The molecule has 13 heavy (non-hydrogen) atoms. The van der Waals surface area contributed by atoms with Gasteiger partial charge in [0.2, 0.25) is 0 Å². The van der Waals surface area contributed by atoms with Crippen molar-refractivity contribution in [1.29, 1.82) is 5.26 Å².